The van der Waals surface area contributed by atoms with Crippen LogP contribution < -0.4 is 5.73 Å². The first-order chi connectivity index (χ1) is 5.83. The highest BCUT2D eigenvalue weighted by Crippen LogP contribution is 2.34. The number of hydrogen-bond donors (Lipinski definition) is 1. The smallest absolute Gasteiger partial charge is 0.0406 e. The van der Waals surface area contributed by atoms with E-state index in [1.807, 2.05) is 12.1 Å². The quantitative estimate of drug-likeness (QED) is 0.816. The number of benzene rings is 1. The average Bonchev–Trinajstić information content (AvgIpc) is 2.44. The number of fused-ring (bicyclic) bond motifs is 1. The molecule has 0 saturated carbocycles. The van der Waals surface area contributed by atoms with Gasteiger partial charge in [-0.1, -0.05) is 18.2 Å². The van der Waals surface area contributed by atoms with Crippen molar-refractivity contribution in [3.05, 3.63) is 33.6 Å². The monoisotopic (exact) mass is 241 g/mol. The summed E-state index contributed by atoms with van der Waals surface area (Å²) in [5, 5.41) is 1.27. The number of thiophene rings is 1. The van der Waals surface area contributed by atoms with Crippen molar-refractivity contribution >= 4 is 37.4 Å². The Labute approximate surface area is 83.3 Å². The van der Waals surface area contributed by atoms with E-state index in [1.54, 1.807) is 11.3 Å². The highest BCUT2D eigenvalue weighted by atomic mass is 79.9. The Balaban J connectivity index is 2.78. The van der Waals surface area contributed by atoms with Crippen molar-refractivity contribution in [3.63, 3.8) is 0 Å². The Morgan fingerprint density at radius 1 is 1.33 bits per heavy atom. The van der Waals surface area contributed by atoms with Gasteiger partial charge in [0.25, 0.3) is 0 Å². The van der Waals surface area contributed by atoms with Crippen LogP contribution in [0.25, 0.3) is 10.1 Å². The van der Waals surface area contributed by atoms with Crippen LogP contribution in [0.5, 0.6) is 0 Å². The lowest BCUT2D eigenvalue weighted by Gasteiger charge is -1.89. The molecule has 0 saturated heterocycles. The summed E-state index contributed by atoms with van der Waals surface area (Å²) < 4.78 is 2.45. The molecule has 0 bridgehead atoms. The van der Waals surface area contributed by atoms with Crippen molar-refractivity contribution in [1.82, 2.24) is 0 Å². The summed E-state index contributed by atoms with van der Waals surface area (Å²) in [5.41, 5.74) is 5.59. The van der Waals surface area contributed by atoms with Crippen LogP contribution in [0.1, 0.15) is 4.88 Å². The van der Waals surface area contributed by atoms with E-state index in [4.69, 9.17) is 5.73 Å². The maximum atomic E-state index is 5.59. The molecule has 62 valence electrons. The normalized spacial score (nSPS) is 10.8. The van der Waals surface area contributed by atoms with Gasteiger partial charge >= 0.3 is 0 Å². The summed E-state index contributed by atoms with van der Waals surface area (Å²) in [6.07, 6.45) is 0. The minimum absolute atomic E-state index is 0.611. The van der Waals surface area contributed by atoms with Crippen LogP contribution in [0.15, 0.2) is 28.7 Å². The Morgan fingerprint density at radius 2 is 2.08 bits per heavy atom. The van der Waals surface area contributed by atoms with Gasteiger partial charge in [-0.25, -0.2) is 0 Å². The lowest BCUT2D eigenvalue weighted by atomic mass is 10.2. The molecule has 1 nitrogen and oxygen atoms in total. The van der Waals surface area contributed by atoms with Crippen LogP contribution in [0.2, 0.25) is 0 Å². The number of hydrogen-bond acceptors (Lipinski definition) is 2. The third kappa shape index (κ3) is 1.18. The lowest BCUT2D eigenvalue weighted by molar-refractivity contribution is 1.10. The molecule has 0 spiro atoms. The van der Waals surface area contributed by atoms with Gasteiger partial charge in [-0.15, -0.1) is 11.3 Å². The van der Waals surface area contributed by atoms with Crippen LogP contribution in [-0.4, -0.2) is 0 Å². The zero-order chi connectivity index (χ0) is 8.55. The summed E-state index contributed by atoms with van der Waals surface area (Å²) in [5.74, 6) is 0. The molecule has 0 aliphatic carbocycles. The van der Waals surface area contributed by atoms with E-state index >= 15 is 0 Å². The summed E-state index contributed by atoms with van der Waals surface area (Å²) in [6, 6.07) is 8.31. The molecule has 0 atom stereocenters. The SMILES string of the molecule is NCc1sc2ccccc2c1Br. The minimum Gasteiger partial charge on any atom is -0.326 e. The number of nitrogens with two attached hydrogens (primary N) is 1. The molecule has 2 aromatic rings. The van der Waals surface area contributed by atoms with Gasteiger partial charge in [-0.3, -0.25) is 0 Å². The summed E-state index contributed by atoms with van der Waals surface area (Å²) in [6.45, 7) is 0.611. The van der Waals surface area contributed by atoms with E-state index in [2.05, 4.69) is 28.1 Å². The van der Waals surface area contributed by atoms with Gasteiger partial charge < -0.3 is 5.73 Å². The molecule has 0 unspecified atom stereocenters. The standard InChI is InChI=1S/C9H8BrNS/c10-9-6-3-1-2-4-7(6)12-8(9)5-11/h1-4H,5,11H2. The van der Waals surface area contributed by atoms with E-state index in [0.717, 1.165) is 4.47 Å². The third-order valence-corrected chi connectivity index (χ3v) is 4.15. The van der Waals surface area contributed by atoms with Gasteiger partial charge in [0, 0.05) is 26.0 Å². The molecule has 12 heavy (non-hydrogen) atoms. The first-order valence-electron chi connectivity index (χ1n) is 3.69. The molecule has 0 radical (unpaired) electrons. The van der Waals surface area contributed by atoms with Gasteiger partial charge in [0.2, 0.25) is 0 Å². The molecule has 0 aliphatic rings. The van der Waals surface area contributed by atoms with Crippen molar-refractivity contribution in [2.24, 2.45) is 5.73 Å². The average molecular weight is 242 g/mol. The van der Waals surface area contributed by atoms with Gasteiger partial charge in [-0.2, -0.15) is 0 Å². The lowest BCUT2D eigenvalue weighted by Crippen LogP contribution is -1.92. The molecule has 3 heteroatoms. The molecular formula is C9H8BrNS. The van der Waals surface area contributed by atoms with Crippen molar-refractivity contribution in [2.45, 2.75) is 6.54 Å². The zero-order valence-electron chi connectivity index (χ0n) is 6.38. The second-order valence-corrected chi connectivity index (χ2v) is 4.47. The van der Waals surface area contributed by atoms with E-state index in [0.29, 0.717) is 6.54 Å². The van der Waals surface area contributed by atoms with E-state index < -0.39 is 0 Å². The topological polar surface area (TPSA) is 26.0 Å². The molecule has 2 N–H and O–H groups in total. The highest BCUT2D eigenvalue weighted by Gasteiger charge is 2.06. The first-order valence-corrected chi connectivity index (χ1v) is 5.30. The Hall–Kier alpha value is -0.380. The molecule has 1 heterocycles. The van der Waals surface area contributed by atoms with Crippen LogP contribution in [-0.2, 0) is 6.54 Å². The summed E-state index contributed by atoms with van der Waals surface area (Å²) in [4.78, 5) is 1.22. The fraction of sp³-hybridized carbons (Fsp3) is 0.111. The predicted molar refractivity (Wildman–Crippen MR) is 57.4 cm³/mol. The maximum absolute atomic E-state index is 5.59. The molecule has 1 aromatic carbocycles. The van der Waals surface area contributed by atoms with Gasteiger partial charge in [0.1, 0.15) is 0 Å². The molecular weight excluding hydrogens is 234 g/mol. The highest BCUT2D eigenvalue weighted by molar-refractivity contribution is 9.10. The zero-order valence-corrected chi connectivity index (χ0v) is 8.78. The summed E-state index contributed by atoms with van der Waals surface area (Å²) >= 11 is 5.29. The maximum Gasteiger partial charge on any atom is 0.0406 e. The van der Waals surface area contributed by atoms with Crippen molar-refractivity contribution in [3.8, 4) is 0 Å². The second kappa shape index (κ2) is 3.17. The molecule has 1 aromatic heterocycles. The predicted octanol–water partition coefficient (Wildman–Crippen LogP) is 3.12. The van der Waals surface area contributed by atoms with Crippen LogP contribution in [0.3, 0.4) is 0 Å². The largest absolute Gasteiger partial charge is 0.326 e. The Bertz CT molecular complexity index is 408. The van der Waals surface area contributed by atoms with Crippen LogP contribution in [0, 0.1) is 0 Å². The van der Waals surface area contributed by atoms with Gasteiger partial charge in [0.15, 0.2) is 0 Å². The molecule has 0 aliphatic heterocycles. The second-order valence-electron chi connectivity index (χ2n) is 2.54. The van der Waals surface area contributed by atoms with Crippen molar-refractivity contribution in [2.75, 3.05) is 0 Å². The van der Waals surface area contributed by atoms with E-state index in [1.165, 1.54) is 15.0 Å². The van der Waals surface area contributed by atoms with Gasteiger partial charge in [-0.05, 0) is 22.0 Å². The van der Waals surface area contributed by atoms with E-state index in [-0.39, 0.29) is 0 Å². The first kappa shape index (κ1) is 8.23. The third-order valence-electron chi connectivity index (χ3n) is 1.79. The number of halogens is 1. The van der Waals surface area contributed by atoms with Crippen molar-refractivity contribution in [1.29, 1.82) is 0 Å². The molecule has 0 amide bonds. The molecule has 2 rings (SSSR count). The fourth-order valence-corrected chi connectivity index (χ4v) is 3.05. The molecule has 0 fully saturated rings. The van der Waals surface area contributed by atoms with E-state index in [9.17, 15) is 0 Å². The summed E-state index contributed by atoms with van der Waals surface area (Å²) in [7, 11) is 0. The van der Waals surface area contributed by atoms with Gasteiger partial charge in [0.05, 0.1) is 0 Å². The fourth-order valence-electron chi connectivity index (χ4n) is 1.20. The van der Waals surface area contributed by atoms with Crippen LogP contribution in [0.4, 0.5) is 0 Å². The minimum atomic E-state index is 0.611. The Morgan fingerprint density at radius 3 is 2.75 bits per heavy atom. The Kier molecular flexibility index (Phi) is 2.17. The van der Waals surface area contributed by atoms with Crippen molar-refractivity contribution < 1.29 is 0 Å². The number of rotatable bonds is 1. The van der Waals surface area contributed by atoms with Crippen LogP contribution >= 0.6 is 27.3 Å².